The zero-order valence-electron chi connectivity index (χ0n) is 10.8. The summed E-state index contributed by atoms with van der Waals surface area (Å²) in [4.78, 5) is 1.49. The van der Waals surface area contributed by atoms with E-state index in [0.717, 1.165) is 26.3 Å². The van der Waals surface area contributed by atoms with E-state index in [1.807, 2.05) is 11.3 Å². The average Bonchev–Trinajstić information content (AvgIpc) is 2.89. The van der Waals surface area contributed by atoms with Crippen LogP contribution in [-0.2, 0) is 11.2 Å². The second-order valence-corrected chi connectivity index (χ2v) is 5.64. The van der Waals surface area contributed by atoms with E-state index in [9.17, 15) is 0 Å². The zero-order chi connectivity index (χ0) is 12.1. The van der Waals surface area contributed by atoms with Crippen LogP contribution < -0.4 is 0 Å². The lowest BCUT2D eigenvalue weighted by molar-refractivity contribution is -0.0949. The fraction of sp³-hybridized carbons (Fsp3) is 0.692. The van der Waals surface area contributed by atoms with Gasteiger partial charge in [0.05, 0.1) is 13.2 Å². The molecule has 17 heavy (non-hydrogen) atoms. The van der Waals surface area contributed by atoms with Crippen molar-refractivity contribution >= 4 is 11.3 Å². The Morgan fingerprint density at radius 1 is 1.47 bits per heavy atom. The molecule has 0 saturated carbocycles. The molecule has 1 aromatic heterocycles. The Balaban J connectivity index is 1.76. The molecule has 0 spiro atoms. The smallest absolute Gasteiger partial charge is 0.0608 e. The van der Waals surface area contributed by atoms with Crippen LogP contribution in [0.5, 0.6) is 0 Å². The maximum atomic E-state index is 5.38. The molecular formula is C13H22N2OS. The quantitative estimate of drug-likeness (QED) is 0.801. The van der Waals surface area contributed by atoms with E-state index in [0.29, 0.717) is 6.04 Å². The number of hydrazine groups is 1. The monoisotopic (exact) mass is 254 g/mol. The Bertz CT molecular complexity index is 309. The lowest BCUT2D eigenvalue weighted by Gasteiger charge is -2.38. The summed E-state index contributed by atoms with van der Waals surface area (Å²) in [6.07, 6.45) is 2.40. The standard InChI is InChI=1S/C13H22N2OS/c1-12(5-6-13-4-3-11-17-13)14(2)15-7-9-16-10-8-15/h3-4,11-12H,5-10H2,1-2H3. The van der Waals surface area contributed by atoms with Gasteiger partial charge in [-0.05, 0) is 31.2 Å². The first-order valence-electron chi connectivity index (χ1n) is 6.35. The Morgan fingerprint density at radius 2 is 2.24 bits per heavy atom. The van der Waals surface area contributed by atoms with Crippen LogP contribution >= 0.6 is 11.3 Å². The summed E-state index contributed by atoms with van der Waals surface area (Å²) >= 11 is 1.86. The Hall–Kier alpha value is -0.420. The van der Waals surface area contributed by atoms with Crippen LogP contribution in [0.4, 0.5) is 0 Å². The van der Waals surface area contributed by atoms with Crippen LogP contribution in [-0.4, -0.2) is 49.4 Å². The maximum absolute atomic E-state index is 5.38. The van der Waals surface area contributed by atoms with E-state index in [1.165, 1.54) is 17.7 Å². The van der Waals surface area contributed by atoms with Crippen molar-refractivity contribution in [3.05, 3.63) is 22.4 Å². The van der Waals surface area contributed by atoms with Crippen LogP contribution in [0.2, 0.25) is 0 Å². The molecule has 3 nitrogen and oxygen atoms in total. The molecule has 2 rings (SSSR count). The predicted molar refractivity (Wildman–Crippen MR) is 72.3 cm³/mol. The van der Waals surface area contributed by atoms with Gasteiger partial charge in [0.25, 0.3) is 0 Å². The highest BCUT2D eigenvalue weighted by atomic mass is 32.1. The van der Waals surface area contributed by atoms with Gasteiger partial charge in [-0.15, -0.1) is 11.3 Å². The van der Waals surface area contributed by atoms with Crippen LogP contribution in [0.15, 0.2) is 17.5 Å². The van der Waals surface area contributed by atoms with Gasteiger partial charge in [-0.1, -0.05) is 6.07 Å². The highest BCUT2D eigenvalue weighted by Crippen LogP contribution is 2.15. The molecule has 0 radical (unpaired) electrons. The summed E-state index contributed by atoms with van der Waals surface area (Å²) in [7, 11) is 2.20. The topological polar surface area (TPSA) is 15.7 Å². The van der Waals surface area contributed by atoms with Crippen LogP contribution in [0.1, 0.15) is 18.2 Å². The largest absolute Gasteiger partial charge is 0.379 e. The molecule has 0 aromatic carbocycles. The molecule has 2 heterocycles. The molecule has 96 valence electrons. The molecule has 1 aliphatic heterocycles. The zero-order valence-corrected chi connectivity index (χ0v) is 11.6. The first kappa shape index (κ1) is 13.0. The molecule has 0 bridgehead atoms. The second kappa shape index (κ2) is 6.50. The van der Waals surface area contributed by atoms with E-state index in [-0.39, 0.29) is 0 Å². The van der Waals surface area contributed by atoms with E-state index >= 15 is 0 Å². The number of nitrogens with zero attached hydrogens (tertiary/aromatic N) is 2. The number of ether oxygens (including phenoxy) is 1. The molecule has 1 fully saturated rings. The highest BCUT2D eigenvalue weighted by molar-refractivity contribution is 7.09. The number of hydrogen-bond acceptors (Lipinski definition) is 4. The van der Waals surface area contributed by atoms with Crippen molar-refractivity contribution in [2.75, 3.05) is 33.4 Å². The van der Waals surface area contributed by atoms with E-state index in [1.54, 1.807) is 0 Å². The van der Waals surface area contributed by atoms with Gasteiger partial charge in [0.1, 0.15) is 0 Å². The van der Waals surface area contributed by atoms with Crippen molar-refractivity contribution in [1.29, 1.82) is 0 Å². The molecule has 0 N–H and O–H groups in total. The van der Waals surface area contributed by atoms with Crippen molar-refractivity contribution in [1.82, 2.24) is 10.0 Å². The van der Waals surface area contributed by atoms with Crippen LogP contribution in [0, 0.1) is 0 Å². The molecule has 1 saturated heterocycles. The normalized spacial score (nSPS) is 19.7. The van der Waals surface area contributed by atoms with E-state index in [2.05, 4.69) is 41.5 Å². The number of aryl methyl sites for hydroxylation is 1. The Morgan fingerprint density at radius 3 is 2.88 bits per heavy atom. The van der Waals surface area contributed by atoms with Gasteiger partial charge in [0.15, 0.2) is 0 Å². The van der Waals surface area contributed by atoms with Crippen LogP contribution in [0.25, 0.3) is 0 Å². The number of thiophene rings is 1. The van der Waals surface area contributed by atoms with Gasteiger partial charge in [-0.3, -0.25) is 0 Å². The van der Waals surface area contributed by atoms with E-state index in [4.69, 9.17) is 4.74 Å². The van der Waals surface area contributed by atoms with Crippen molar-refractivity contribution < 1.29 is 4.74 Å². The number of morpholine rings is 1. The van der Waals surface area contributed by atoms with Crippen molar-refractivity contribution in [2.24, 2.45) is 0 Å². The first-order valence-corrected chi connectivity index (χ1v) is 7.23. The van der Waals surface area contributed by atoms with Crippen molar-refractivity contribution in [3.8, 4) is 0 Å². The number of rotatable bonds is 5. The highest BCUT2D eigenvalue weighted by Gasteiger charge is 2.19. The average molecular weight is 254 g/mol. The summed E-state index contributed by atoms with van der Waals surface area (Å²) < 4.78 is 5.38. The SMILES string of the molecule is CC(CCc1cccs1)N(C)N1CCOCC1. The van der Waals surface area contributed by atoms with Crippen molar-refractivity contribution in [2.45, 2.75) is 25.8 Å². The maximum Gasteiger partial charge on any atom is 0.0608 e. The fourth-order valence-corrected chi connectivity index (χ4v) is 2.87. The summed E-state index contributed by atoms with van der Waals surface area (Å²) in [5.41, 5.74) is 0. The molecule has 4 heteroatoms. The molecule has 0 aliphatic carbocycles. The van der Waals surface area contributed by atoms with Gasteiger partial charge in [0.2, 0.25) is 0 Å². The van der Waals surface area contributed by atoms with Crippen LogP contribution in [0.3, 0.4) is 0 Å². The minimum atomic E-state index is 0.593. The van der Waals surface area contributed by atoms with Gasteiger partial charge >= 0.3 is 0 Å². The Kier molecular flexibility index (Phi) is 4.98. The summed E-state index contributed by atoms with van der Waals surface area (Å²) in [5, 5.41) is 6.95. The lowest BCUT2D eigenvalue weighted by atomic mass is 10.1. The minimum Gasteiger partial charge on any atom is -0.379 e. The Labute approximate surface area is 108 Å². The fourth-order valence-electron chi connectivity index (χ4n) is 2.14. The van der Waals surface area contributed by atoms with Gasteiger partial charge in [0, 0.05) is 31.1 Å². The molecular weight excluding hydrogens is 232 g/mol. The third-order valence-corrected chi connectivity index (χ3v) is 4.40. The van der Waals surface area contributed by atoms with Gasteiger partial charge in [-0.2, -0.15) is 0 Å². The van der Waals surface area contributed by atoms with Gasteiger partial charge < -0.3 is 4.74 Å². The molecule has 1 unspecified atom stereocenters. The second-order valence-electron chi connectivity index (χ2n) is 4.61. The molecule has 1 aliphatic rings. The molecule has 0 amide bonds. The summed E-state index contributed by atoms with van der Waals surface area (Å²) in [5.74, 6) is 0. The summed E-state index contributed by atoms with van der Waals surface area (Å²) in [6, 6.07) is 4.96. The summed E-state index contributed by atoms with van der Waals surface area (Å²) in [6.45, 7) is 6.09. The lowest BCUT2D eigenvalue weighted by Crippen LogP contribution is -2.50. The minimum absolute atomic E-state index is 0.593. The first-order chi connectivity index (χ1) is 8.27. The number of hydrogen-bond donors (Lipinski definition) is 0. The predicted octanol–water partition coefficient (Wildman–Crippen LogP) is 2.25. The van der Waals surface area contributed by atoms with E-state index < -0.39 is 0 Å². The molecule has 1 aromatic rings. The van der Waals surface area contributed by atoms with Crippen molar-refractivity contribution in [3.63, 3.8) is 0 Å². The third-order valence-electron chi connectivity index (χ3n) is 3.46. The van der Waals surface area contributed by atoms with Gasteiger partial charge in [-0.25, -0.2) is 10.0 Å². The molecule has 1 atom stereocenters. The third kappa shape index (κ3) is 3.78.